The molecule has 0 unspecified atom stereocenters. The van der Waals surface area contributed by atoms with E-state index in [9.17, 15) is 0 Å². The molecule has 2 aliphatic carbocycles. The van der Waals surface area contributed by atoms with Gasteiger partial charge >= 0.3 is 0 Å². The van der Waals surface area contributed by atoms with Crippen molar-refractivity contribution in [3.8, 4) is 0 Å². The summed E-state index contributed by atoms with van der Waals surface area (Å²) < 4.78 is 0. The Hall–Kier alpha value is -0.520. The lowest BCUT2D eigenvalue weighted by Gasteiger charge is -2.05. The molecule has 0 saturated heterocycles. The zero-order chi connectivity index (χ0) is 6.10. The van der Waals surface area contributed by atoms with Gasteiger partial charge in [-0.1, -0.05) is 17.7 Å². The number of rotatable bonds is 0. The molecule has 9 heavy (non-hydrogen) atoms. The van der Waals surface area contributed by atoms with Crippen molar-refractivity contribution in [2.45, 2.75) is 25.7 Å². The van der Waals surface area contributed by atoms with Crippen LogP contribution in [0.4, 0.5) is 0 Å². The molecule has 0 aromatic rings. The van der Waals surface area contributed by atoms with Gasteiger partial charge in [0.05, 0.1) is 0 Å². The van der Waals surface area contributed by atoms with Gasteiger partial charge in [0.15, 0.2) is 0 Å². The van der Waals surface area contributed by atoms with Crippen LogP contribution in [-0.2, 0) is 0 Å². The summed E-state index contributed by atoms with van der Waals surface area (Å²) in [5.41, 5.74) is 3.23. The van der Waals surface area contributed by atoms with Gasteiger partial charge in [-0.15, -0.1) is 0 Å². The highest BCUT2D eigenvalue weighted by molar-refractivity contribution is 5.35. The third-order valence-corrected chi connectivity index (χ3v) is 2.10. The fourth-order valence-corrected chi connectivity index (χ4v) is 1.57. The molecule has 0 nitrogen and oxygen atoms in total. The van der Waals surface area contributed by atoms with E-state index in [-0.39, 0.29) is 0 Å². The van der Waals surface area contributed by atoms with Crippen LogP contribution in [0.5, 0.6) is 0 Å². The van der Waals surface area contributed by atoms with Gasteiger partial charge in [-0.2, -0.15) is 0 Å². The van der Waals surface area contributed by atoms with Crippen molar-refractivity contribution in [3.05, 3.63) is 29.7 Å². The van der Waals surface area contributed by atoms with E-state index in [4.69, 9.17) is 0 Å². The van der Waals surface area contributed by atoms with Crippen LogP contribution in [0.3, 0.4) is 0 Å². The summed E-state index contributed by atoms with van der Waals surface area (Å²) in [5.74, 6) is 0. The van der Waals surface area contributed by atoms with E-state index in [0.29, 0.717) is 0 Å². The second kappa shape index (κ2) is 2.02. The molecule has 0 bridgehead atoms. The first kappa shape index (κ1) is 5.28. The SMILES string of the molecule is [C]1C=CC2=C(C1)CCC2. The highest BCUT2D eigenvalue weighted by Gasteiger charge is 2.13. The smallest absolute Gasteiger partial charge is 0.0128 e. The van der Waals surface area contributed by atoms with E-state index in [1.165, 1.54) is 19.3 Å². The van der Waals surface area contributed by atoms with E-state index < -0.39 is 0 Å². The lowest BCUT2D eigenvalue weighted by atomic mass is 10.0. The molecule has 0 amide bonds. The molecule has 0 heteroatoms. The van der Waals surface area contributed by atoms with Crippen LogP contribution in [0.15, 0.2) is 23.3 Å². The molecule has 46 valence electrons. The molecule has 0 aromatic carbocycles. The Morgan fingerprint density at radius 1 is 1.33 bits per heavy atom. The second-order valence-corrected chi connectivity index (χ2v) is 2.70. The number of hydrogen-bond acceptors (Lipinski definition) is 0. The first-order valence-electron chi connectivity index (χ1n) is 3.57. The minimum absolute atomic E-state index is 1.10. The highest BCUT2D eigenvalue weighted by Crippen LogP contribution is 2.32. The van der Waals surface area contributed by atoms with E-state index in [2.05, 4.69) is 18.6 Å². The molecule has 0 saturated carbocycles. The fourth-order valence-electron chi connectivity index (χ4n) is 1.57. The van der Waals surface area contributed by atoms with Gasteiger partial charge < -0.3 is 0 Å². The topological polar surface area (TPSA) is 0 Å². The van der Waals surface area contributed by atoms with Crippen LogP contribution in [0.2, 0.25) is 0 Å². The Labute approximate surface area is 56.3 Å². The lowest BCUT2D eigenvalue weighted by molar-refractivity contribution is 0.886. The average Bonchev–Trinajstić information content (AvgIpc) is 2.33. The molecule has 2 rings (SSSR count). The maximum atomic E-state index is 3.22. The molecule has 2 aliphatic rings. The molecular weight excluding hydrogens is 108 g/mol. The summed E-state index contributed by atoms with van der Waals surface area (Å²) in [6.45, 7) is 0. The van der Waals surface area contributed by atoms with E-state index in [1.807, 2.05) is 0 Å². The van der Waals surface area contributed by atoms with Crippen LogP contribution in [0, 0.1) is 6.42 Å². The number of allylic oxidation sites excluding steroid dienone is 4. The van der Waals surface area contributed by atoms with Gasteiger partial charge in [-0.25, -0.2) is 0 Å². The molecule has 0 atom stereocenters. The molecule has 0 heterocycles. The predicted octanol–water partition coefficient (Wildman–Crippen LogP) is 2.51. The van der Waals surface area contributed by atoms with Crippen molar-refractivity contribution >= 4 is 0 Å². The third-order valence-electron chi connectivity index (χ3n) is 2.10. The summed E-state index contributed by atoms with van der Waals surface area (Å²) in [7, 11) is 0. The van der Waals surface area contributed by atoms with Gasteiger partial charge in [-0.3, -0.25) is 0 Å². The van der Waals surface area contributed by atoms with Crippen molar-refractivity contribution in [3.63, 3.8) is 0 Å². The maximum Gasteiger partial charge on any atom is 0.0128 e. The Bertz CT molecular complexity index is 172. The molecule has 2 radical (unpaired) electrons. The summed E-state index contributed by atoms with van der Waals surface area (Å²) >= 11 is 0. The molecule has 0 aliphatic heterocycles. The van der Waals surface area contributed by atoms with Crippen molar-refractivity contribution in [2.24, 2.45) is 0 Å². The van der Waals surface area contributed by atoms with Gasteiger partial charge in [0.25, 0.3) is 0 Å². The average molecular weight is 118 g/mol. The first-order chi connectivity index (χ1) is 4.47. The lowest BCUT2D eigenvalue weighted by Crippen LogP contribution is -1.86. The minimum atomic E-state index is 1.10. The summed E-state index contributed by atoms with van der Waals surface area (Å²) in [4.78, 5) is 0. The van der Waals surface area contributed by atoms with E-state index in [0.717, 1.165) is 6.42 Å². The van der Waals surface area contributed by atoms with Crippen LogP contribution in [0.1, 0.15) is 25.7 Å². The summed E-state index contributed by atoms with van der Waals surface area (Å²) in [6.07, 6.45) is 12.6. The van der Waals surface area contributed by atoms with Crippen molar-refractivity contribution in [1.29, 1.82) is 0 Å². The Balaban J connectivity index is 2.28. The van der Waals surface area contributed by atoms with Gasteiger partial charge in [0, 0.05) is 6.42 Å². The predicted molar refractivity (Wildman–Crippen MR) is 37.9 cm³/mol. The van der Waals surface area contributed by atoms with Crippen LogP contribution in [-0.4, -0.2) is 0 Å². The van der Waals surface area contributed by atoms with Gasteiger partial charge in [0.2, 0.25) is 0 Å². The third kappa shape index (κ3) is 0.827. The van der Waals surface area contributed by atoms with Gasteiger partial charge in [0.1, 0.15) is 0 Å². The largest absolute Gasteiger partial charge is 0.0759 e. The van der Waals surface area contributed by atoms with Crippen LogP contribution < -0.4 is 0 Å². The highest BCUT2D eigenvalue weighted by atomic mass is 14.2. The molecule has 0 N–H and O–H groups in total. The molecule has 0 fully saturated rings. The minimum Gasteiger partial charge on any atom is -0.0759 e. The maximum absolute atomic E-state index is 3.22. The Kier molecular flexibility index (Phi) is 1.18. The molecular formula is C9H10. The normalized spacial score (nSPS) is 24.9. The quantitative estimate of drug-likeness (QED) is 0.458. The summed E-state index contributed by atoms with van der Waals surface area (Å²) in [5, 5.41) is 0. The van der Waals surface area contributed by atoms with Crippen LogP contribution >= 0.6 is 0 Å². The van der Waals surface area contributed by atoms with Crippen molar-refractivity contribution in [2.75, 3.05) is 0 Å². The first-order valence-corrected chi connectivity index (χ1v) is 3.57. The number of hydrogen-bond donors (Lipinski definition) is 0. The zero-order valence-corrected chi connectivity index (χ0v) is 5.48. The monoisotopic (exact) mass is 118 g/mol. The molecule has 0 spiro atoms. The van der Waals surface area contributed by atoms with Gasteiger partial charge in [-0.05, 0) is 31.3 Å². The molecule has 0 aromatic heterocycles. The van der Waals surface area contributed by atoms with E-state index in [1.54, 1.807) is 11.1 Å². The Morgan fingerprint density at radius 3 is 3.22 bits per heavy atom. The fraction of sp³-hybridized carbons (Fsp3) is 0.444. The van der Waals surface area contributed by atoms with Crippen LogP contribution in [0.25, 0.3) is 0 Å². The standard InChI is InChI=1S/C9H10/c1-2-5-9-7-3-6-8(9)4-1/h1,4H,3,5-7H2. The van der Waals surface area contributed by atoms with E-state index >= 15 is 0 Å². The van der Waals surface area contributed by atoms with Crippen molar-refractivity contribution in [1.82, 2.24) is 0 Å². The Morgan fingerprint density at radius 2 is 2.33 bits per heavy atom. The summed E-state index contributed by atoms with van der Waals surface area (Å²) in [6, 6.07) is 0. The van der Waals surface area contributed by atoms with Crippen molar-refractivity contribution < 1.29 is 0 Å². The second-order valence-electron chi connectivity index (χ2n) is 2.70. The zero-order valence-electron chi connectivity index (χ0n) is 5.48.